The normalized spacial score (nSPS) is 16.7. The van der Waals surface area contributed by atoms with E-state index in [0.29, 0.717) is 24.7 Å². The molecule has 0 saturated carbocycles. The molecule has 1 heterocycles. The minimum Gasteiger partial charge on any atom is -0.488 e. The van der Waals surface area contributed by atoms with E-state index in [9.17, 15) is 10.1 Å². The van der Waals surface area contributed by atoms with Crippen LogP contribution >= 0.6 is 0 Å². The average molecular weight is 238 g/mol. The number of anilines is 1. The molecule has 1 aromatic carbocycles. The lowest BCUT2D eigenvalue weighted by atomic mass is 10.1. The van der Waals surface area contributed by atoms with Gasteiger partial charge in [0.1, 0.15) is 11.9 Å². The van der Waals surface area contributed by atoms with E-state index in [1.807, 2.05) is 0 Å². The number of nitro groups is 1. The summed E-state index contributed by atoms with van der Waals surface area (Å²) in [5.74, 6) is 0.502. The number of hydrogen-bond donors (Lipinski definition) is 1. The molecular weight excluding hydrogens is 224 g/mol. The molecule has 0 amide bonds. The largest absolute Gasteiger partial charge is 0.488 e. The maximum absolute atomic E-state index is 10.5. The van der Waals surface area contributed by atoms with Crippen LogP contribution in [-0.4, -0.2) is 24.2 Å². The Morgan fingerprint density at radius 3 is 2.71 bits per heavy atom. The van der Waals surface area contributed by atoms with E-state index in [-0.39, 0.29) is 11.8 Å². The summed E-state index contributed by atoms with van der Waals surface area (Å²) in [5, 5.41) is 10.5. The fraction of sp³-hybridized carbons (Fsp3) is 0.455. The Hall–Kier alpha value is -1.82. The number of nitrogen functional groups attached to an aromatic ring is 1. The maximum atomic E-state index is 10.5. The average Bonchev–Trinajstić information content (AvgIpc) is 2.33. The van der Waals surface area contributed by atoms with Gasteiger partial charge in [-0.2, -0.15) is 0 Å². The molecule has 1 aliphatic rings. The first-order valence-corrected chi connectivity index (χ1v) is 5.45. The molecule has 2 rings (SSSR count). The van der Waals surface area contributed by atoms with Crippen molar-refractivity contribution in [2.75, 3.05) is 18.9 Å². The van der Waals surface area contributed by atoms with Crippen molar-refractivity contribution in [3.8, 4) is 5.75 Å². The van der Waals surface area contributed by atoms with E-state index in [4.69, 9.17) is 15.2 Å². The second-order valence-electron chi connectivity index (χ2n) is 3.91. The van der Waals surface area contributed by atoms with Crippen LogP contribution in [0.4, 0.5) is 11.4 Å². The Balaban J connectivity index is 2.08. The van der Waals surface area contributed by atoms with Crippen LogP contribution in [0, 0.1) is 10.1 Å². The van der Waals surface area contributed by atoms with Crippen LogP contribution in [0.25, 0.3) is 0 Å². The van der Waals surface area contributed by atoms with Gasteiger partial charge in [0.05, 0.1) is 23.8 Å². The van der Waals surface area contributed by atoms with E-state index in [2.05, 4.69) is 0 Å². The Kier molecular flexibility index (Phi) is 3.43. The third-order valence-electron chi connectivity index (χ3n) is 2.67. The van der Waals surface area contributed by atoms with Gasteiger partial charge in [0.2, 0.25) is 0 Å². The van der Waals surface area contributed by atoms with Gasteiger partial charge in [0, 0.05) is 25.0 Å². The second kappa shape index (κ2) is 5.01. The molecule has 0 unspecified atom stereocenters. The van der Waals surface area contributed by atoms with Gasteiger partial charge >= 0.3 is 0 Å². The van der Waals surface area contributed by atoms with Gasteiger partial charge in [-0.25, -0.2) is 0 Å². The van der Waals surface area contributed by atoms with Crippen molar-refractivity contribution in [1.82, 2.24) is 0 Å². The number of ether oxygens (including phenoxy) is 2. The Morgan fingerprint density at radius 2 is 2.12 bits per heavy atom. The van der Waals surface area contributed by atoms with Gasteiger partial charge in [-0.15, -0.1) is 0 Å². The highest BCUT2D eigenvalue weighted by Gasteiger charge is 2.17. The predicted molar refractivity (Wildman–Crippen MR) is 62.0 cm³/mol. The third-order valence-corrected chi connectivity index (χ3v) is 2.67. The molecule has 92 valence electrons. The van der Waals surface area contributed by atoms with Crippen LogP contribution in [0.3, 0.4) is 0 Å². The molecule has 6 nitrogen and oxygen atoms in total. The molecule has 1 saturated heterocycles. The number of nitrogens with zero attached hydrogens (tertiary/aromatic N) is 1. The first kappa shape index (κ1) is 11.7. The quantitative estimate of drug-likeness (QED) is 0.492. The standard InChI is InChI=1S/C11H14N2O4/c12-10-7-8(13(14)15)1-2-11(10)17-9-3-5-16-6-4-9/h1-2,7,9H,3-6,12H2. The zero-order valence-electron chi connectivity index (χ0n) is 9.30. The minimum atomic E-state index is -0.478. The van der Waals surface area contributed by atoms with Crippen molar-refractivity contribution in [2.24, 2.45) is 0 Å². The fourth-order valence-electron chi connectivity index (χ4n) is 1.73. The summed E-state index contributed by atoms with van der Waals surface area (Å²) in [6, 6.07) is 4.25. The Labute approximate surface area is 98.5 Å². The molecule has 0 atom stereocenters. The number of hydrogen-bond acceptors (Lipinski definition) is 5. The van der Waals surface area contributed by atoms with Crippen LogP contribution in [0.1, 0.15) is 12.8 Å². The highest BCUT2D eigenvalue weighted by molar-refractivity contribution is 5.58. The molecule has 0 aliphatic carbocycles. The summed E-state index contributed by atoms with van der Waals surface area (Å²) in [6.45, 7) is 1.36. The minimum absolute atomic E-state index is 0.0261. The molecule has 0 radical (unpaired) electrons. The number of benzene rings is 1. The lowest BCUT2D eigenvalue weighted by Gasteiger charge is -2.23. The topological polar surface area (TPSA) is 87.6 Å². The number of nitrogens with two attached hydrogens (primary N) is 1. The van der Waals surface area contributed by atoms with Gasteiger partial charge in [-0.1, -0.05) is 0 Å². The van der Waals surface area contributed by atoms with Crippen molar-refractivity contribution in [3.05, 3.63) is 28.3 Å². The summed E-state index contributed by atoms with van der Waals surface area (Å²) in [5.41, 5.74) is 5.99. The second-order valence-corrected chi connectivity index (χ2v) is 3.91. The van der Waals surface area contributed by atoms with Crippen LogP contribution < -0.4 is 10.5 Å². The molecule has 2 N–H and O–H groups in total. The highest BCUT2D eigenvalue weighted by Crippen LogP contribution is 2.28. The van der Waals surface area contributed by atoms with Crippen molar-refractivity contribution in [2.45, 2.75) is 18.9 Å². The Morgan fingerprint density at radius 1 is 1.41 bits per heavy atom. The summed E-state index contributed by atoms with van der Waals surface area (Å²) in [6.07, 6.45) is 1.71. The SMILES string of the molecule is Nc1cc([N+](=O)[O-])ccc1OC1CCOCC1. The molecule has 0 spiro atoms. The van der Waals surface area contributed by atoms with E-state index in [0.717, 1.165) is 12.8 Å². The van der Waals surface area contributed by atoms with Gasteiger partial charge in [0.25, 0.3) is 5.69 Å². The summed E-state index contributed by atoms with van der Waals surface area (Å²) in [7, 11) is 0. The maximum Gasteiger partial charge on any atom is 0.271 e. The molecule has 1 fully saturated rings. The van der Waals surface area contributed by atoms with Crippen LogP contribution in [0.5, 0.6) is 5.75 Å². The number of non-ortho nitro benzene ring substituents is 1. The number of nitro benzene ring substituents is 1. The van der Waals surface area contributed by atoms with Crippen LogP contribution in [0.15, 0.2) is 18.2 Å². The van der Waals surface area contributed by atoms with E-state index in [1.54, 1.807) is 6.07 Å². The van der Waals surface area contributed by atoms with Crippen molar-refractivity contribution < 1.29 is 14.4 Å². The van der Waals surface area contributed by atoms with Crippen molar-refractivity contribution in [3.63, 3.8) is 0 Å². The van der Waals surface area contributed by atoms with E-state index >= 15 is 0 Å². The molecule has 0 aromatic heterocycles. The first-order valence-electron chi connectivity index (χ1n) is 5.45. The van der Waals surface area contributed by atoms with E-state index in [1.165, 1.54) is 12.1 Å². The number of rotatable bonds is 3. The third kappa shape index (κ3) is 2.85. The van der Waals surface area contributed by atoms with Gasteiger partial charge in [-0.05, 0) is 6.07 Å². The summed E-state index contributed by atoms with van der Waals surface area (Å²) < 4.78 is 10.9. The smallest absolute Gasteiger partial charge is 0.271 e. The predicted octanol–water partition coefficient (Wildman–Crippen LogP) is 1.73. The molecular formula is C11H14N2O4. The highest BCUT2D eigenvalue weighted by atomic mass is 16.6. The molecule has 6 heteroatoms. The zero-order valence-corrected chi connectivity index (χ0v) is 9.30. The molecule has 17 heavy (non-hydrogen) atoms. The zero-order chi connectivity index (χ0) is 12.3. The molecule has 0 bridgehead atoms. The van der Waals surface area contributed by atoms with Crippen molar-refractivity contribution >= 4 is 11.4 Å². The molecule has 1 aliphatic heterocycles. The molecule has 1 aromatic rings. The van der Waals surface area contributed by atoms with Crippen molar-refractivity contribution in [1.29, 1.82) is 0 Å². The van der Waals surface area contributed by atoms with E-state index < -0.39 is 4.92 Å². The van der Waals surface area contributed by atoms with Crippen LogP contribution in [-0.2, 0) is 4.74 Å². The lowest BCUT2D eigenvalue weighted by Crippen LogP contribution is -2.26. The van der Waals surface area contributed by atoms with Gasteiger partial charge in [-0.3, -0.25) is 10.1 Å². The summed E-state index contributed by atoms with van der Waals surface area (Å²) >= 11 is 0. The lowest BCUT2D eigenvalue weighted by molar-refractivity contribution is -0.384. The van der Waals surface area contributed by atoms with Gasteiger partial charge in [0.15, 0.2) is 0 Å². The Bertz CT molecular complexity index is 416. The summed E-state index contributed by atoms with van der Waals surface area (Å²) in [4.78, 5) is 10.1. The first-order chi connectivity index (χ1) is 8.16. The van der Waals surface area contributed by atoms with Crippen LogP contribution in [0.2, 0.25) is 0 Å². The monoisotopic (exact) mass is 238 g/mol. The fourth-order valence-corrected chi connectivity index (χ4v) is 1.73. The van der Waals surface area contributed by atoms with Gasteiger partial charge < -0.3 is 15.2 Å².